The van der Waals surface area contributed by atoms with Crippen LogP contribution in [0.15, 0.2) is 42.6 Å². The van der Waals surface area contributed by atoms with Gasteiger partial charge < -0.3 is 10.5 Å². The van der Waals surface area contributed by atoms with Gasteiger partial charge in [0.25, 0.3) is 0 Å². The SMILES string of the molecule is CCOc1ccc(NS(=O)(=O)Cc2ccccc2N)cn1. The quantitative estimate of drug-likeness (QED) is 0.796. The van der Waals surface area contributed by atoms with Gasteiger partial charge in [0.2, 0.25) is 15.9 Å². The Morgan fingerprint density at radius 1 is 1.24 bits per heavy atom. The Kier molecular flexibility index (Phi) is 4.64. The number of rotatable bonds is 6. The van der Waals surface area contributed by atoms with Crippen LogP contribution in [0.3, 0.4) is 0 Å². The molecule has 1 heterocycles. The van der Waals surface area contributed by atoms with E-state index in [1.807, 2.05) is 6.92 Å². The Morgan fingerprint density at radius 3 is 2.62 bits per heavy atom. The van der Waals surface area contributed by atoms with E-state index in [9.17, 15) is 8.42 Å². The largest absolute Gasteiger partial charge is 0.478 e. The number of nitrogen functional groups attached to an aromatic ring is 1. The highest BCUT2D eigenvalue weighted by Crippen LogP contribution is 2.17. The van der Waals surface area contributed by atoms with Crippen LogP contribution in [-0.2, 0) is 15.8 Å². The molecule has 0 atom stereocenters. The summed E-state index contributed by atoms with van der Waals surface area (Å²) in [6, 6.07) is 10.1. The molecule has 1 aromatic carbocycles. The predicted octanol–water partition coefficient (Wildman–Crippen LogP) is 2.00. The lowest BCUT2D eigenvalue weighted by atomic mass is 10.2. The summed E-state index contributed by atoms with van der Waals surface area (Å²) in [5.74, 6) is 0.264. The predicted molar refractivity (Wildman–Crippen MR) is 82.5 cm³/mol. The highest BCUT2D eigenvalue weighted by atomic mass is 32.2. The molecule has 6 nitrogen and oxygen atoms in total. The smallest absolute Gasteiger partial charge is 0.237 e. The van der Waals surface area contributed by atoms with E-state index >= 15 is 0 Å². The molecule has 0 aliphatic rings. The zero-order chi connectivity index (χ0) is 15.3. The first-order valence-corrected chi connectivity index (χ1v) is 8.08. The van der Waals surface area contributed by atoms with Crippen LogP contribution in [0.1, 0.15) is 12.5 Å². The van der Waals surface area contributed by atoms with Crippen molar-refractivity contribution in [2.45, 2.75) is 12.7 Å². The summed E-state index contributed by atoms with van der Waals surface area (Å²) in [5, 5.41) is 0. The second-order valence-electron chi connectivity index (χ2n) is 4.38. The van der Waals surface area contributed by atoms with Gasteiger partial charge in [0.05, 0.1) is 24.2 Å². The molecule has 0 amide bonds. The van der Waals surface area contributed by atoms with Crippen molar-refractivity contribution in [2.75, 3.05) is 17.1 Å². The molecule has 0 bridgehead atoms. The first-order chi connectivity index (χ1) is 10.00. The first kappa shape index (κ1) is 15.1. The summed E-state index contributed by atoms with van der Waals surface area (Å²) in [5.41, 5.74) is 7.15. The van der Waals surface area contributed by atoms with Gasteiger partial charge in [-0.2, -0.15) is 0 Å². The Labute approximate surface area is 124 Å². The lowest BCUT2D eigenvalue weighted by Crippen LogP contribution is -2.16. The normalized spacial score (nSPS) is 11.1. The maximum Gasteiger partial charge on any atom is 0.237 e. The van der Waals surface area contributed by atoms with Crippen molar-refractivity contribution in [1.82, 2.24) is 4.98 Å². The van der Waals surface area contributed by atoms with Gasteiger partial charge in [-0.05, 0) is 24.6 Å². The number of ether oxygens (including phenoxy) is 1. The van der Waals surface area contributed by atoms with Gasteiger partial charge in [0, 0.05) is 11.8 Å². The van der Waals surface area contributed by atoms with Gasteiger partial charge in [0.15, 0.2) is 0 Å². The van der Waals surface area contributed by atoms with Gasteiger partial charge in [-0.15, -0.1) is 0 Å². The third-order valence-electron chi connectivity index (χ3n) is 2.70. The molecule has 0 fully saturated rings. The molecule has 2 rings (SSSR count). The lowest BCUT2D eigenvalue weighted by molar-refractivity contribution is 0.327. The minimum absolute atomic E-state index is 0.188. The van der Waals surface area contributed by atoms with Crippen LogP contribution in [0.2, 0.25) is 0 Å². The third kappa shape index (κ3) is 4.35. The van der Waals surface area contributed by atoms with E-state index in [4.69, 9.17) is 10.5 Å². The Hall–Kier alpha value is -2.28. The molecule has 0 aliphatic heterocycles. The van der Waals surface area contributed by atoms with Gasteiger partial charge in [-0.25, -0.2) is 13.4 Å². The maximum atomic E-state index is 12.1. The summed E-state index contributed by atoms with van der Waals surface area (Å²) in [4.78, 5) is 4.00. The van der Waals surface area contributed by atoms with E-state index < -0.39 is 10.0 Å². The zero-order valence-electron chi connectivity index (χ0n) is 11.6. The molecule has 112 valence electrons. The van der Waals surface area contributed by atoms with Crippen LogP contribution in [0.25, 0.3) is 0 Å². The molecule has 0 aliphatic carbocycles. The van der Waals surface area contributed by atoms with Gasteiger partial charge in [0.1, 0.15) is 0 Å². The number of nitrogens with zero attached hydrogens (tertiary/aromatic N) is 1. The molecule has 7 heteroatoms. The van der Waals surface area contributed by atoms with Crippen molar-refractivity contribution < 1.29 is 13.2 Å². The van der Waals surface area contributed by atoms with Crippen molar-refractivity contribution in [1.29, 1.82) is 0 Å². The highest BCUT2D eigenvalue weighted by Gasteiger charge is 2.13. The Bertz CT molecular complexity index is 700. The number of anilines is 2. The minimum Gasteiger partial charge on any atom is -0.478 e. The second-order valence-corrected chi connectivity index (χ2v) is 6.10. The average Bonchev–Trinajstić information content (AvgIpc) is 2.43. The third-order valence-corrected chi connectivity index (χ3v) is 3.94. The van der Waals surface area contributed by atoms with Crippen molar-refractivity contribution in [3.05, 3.63) is 48.2 Å². The van der Waals surface area contributed by atoms with Crippen LogP contribution < -0.4 is 15.2 Å². The molecular formula is C14H17N3O3S. The zero-order valence-corrected chi connectivity index (χ0v) is 12.4. The topological polar surface area (TPSA) is 94.3 Å². The molecule has 0 spiro atoms. The number of nitrogens with one attached hydrogen (secondary N) is 1. The van der Waals surface area contributed by atoms with E-state index in [1.165, 1.54) is 6.20 Å². The van der Waals surface area contributed by atoms with Crippen LogP contribution in [0.4, 0.5) is 11.4 Å². The van der Waals surface area contributed by atoms with Gasteiger partial charge in [-0.1, -0.05) is 18.2 Å². The van der Waals surface area contributed by atoms with E-state index in [2.05, 4.69) is 9.71 Å². The van der Waals surface area contributed by atoms with E-state index in [0.29, 0.717) is 29.4 Å². The summed E-state index contributed by atoms with van der Waals surface area (Å²) in [6.07, 6.45) is 1.41. The van der Waals surface area contributed by atoms with Crippen molar-refractivity contribution >= 4 is 21.4 Å². The molecule has 2 aromatic rings. The number of aromatic nitrogens is 1. The fourth-order valence-corrected chi connectivity index (χ4v) is 2.98. The number of para-hydroxylation sites is 1. The standard InChI is InChI=1S/C14H17N3O3S/c1-2-20-14-8-7-12(9-16-14)17-21(18,19)10-11-5-3-4-6-13(11)15/h3-9,17H,2,10,15H2,1H3. The molecule has 0 saturated carbocycles. The van der Waals surface area contributed by atoms with Crippen LogP contribution in [-0.4, -0.2) is 20.0 Å². The summed E-state index contributed by atoms with van der Waals surface area (Å²) in [7, 11) is -3.55. The number of hydrogen-bond acceptors (Lipinski definition) is 5. The van der Waals surface area contributed by atoms with Crippen LogP contribution in [0.5, 0.6) is 5.88 Å². The second kappa shape index (κ2) is 6.45. The number of nitrogens with two attached hydrogens (primary N) is 1. The highest BCUT2D eigenvalue weighted by molar-refractivity contribution is 7.91. The fraction of sp³-hybridized carbons (Fsp3) is 0.214. The van der Waals surface area contributed by atoms with Crippen molar-refractivity contribution in [3.8, 4) is 5.88 Å². The lowest BCUT2D eigenvalue weighted by Gasteiger charge is -2.10. The Morgan fingerprint density at radius 2 is 2.00 bits per heavy atom. The summed E-state index contributed by atoms with van der Waals surface area (Å²) < 4.78 is 31.9. The number of pyridine rings is 1. The molecule has 3 N–H and O–H groups in total. The van der Waals surface area contributed by atoms with E-state index in [0.717, 1.165) is 0 Å². The average molecular weight is 307 g/mol. The maximum absolute atomic E-state index is 12.1. The molecule has 0 unspecified atom stereocenters. The van der Waals surface area contributed by atoms with E-state index in [1.54, 1.807) is 36.4 Å². The summed E-state index contributed by atoms with van der Waals surface area (Å²) in [6.45, 7) is 2.36. The number of sulfonamides is 1. The molecular weight excluding hydrogens is 290 g/mol. The molecule has 0 saturated heterocycles. The van der Waals surface area contributed by atoms with Gasteiger partial charge in [-0.3, -0.25) is 4.72 Å². The summed E-state index contributed by atoms with van der Waals surface area (Å²) >= 11 is 0. The monoisotopic (exact) mass is 307 g/mol. The molecule has 1 aromatic heterocycles. The minimum atomic E-state index is -3.55. The fourth-order valence-electron chi connectivity index (χ4n) is 1.76. The van der Waals surface area contributed by atoms with Gasteiger partial charge >= 0.3 is 0 Å². The number of hydrogen-bond donors (Lipinski definition) is 2. The Balaban J connectivity index is 2.09. The van der Waals surface area contributed by atoms with E-state index in [-0.39, 0.29) is 5.75 Å². The first-order valence-electron chi connectivity index (χ1n) is 6.43. The van der Waals surface area contributed by atoms with Crippen molar-refractivity contribution in [3.63, 3.8) is 0 Å². The van der Waals surface area contributed by atoms with Crippen LogP contribution >= 0.6 is 0 Å². The molecule has 0 radical (unpaired) electrons. The van der Waals surface area contributed by atoms with Crippen molar-refractivity contribution in [2.24, 2.45) is 0 Å². The van der Waals surface area contributed by atoms with Crippen LogP contribution in [0, 0.1) is 0 Å². The number of benzene rings is 1. The molecule has 21 heavy (non-hydrogen) atoms.